The number of rotatable bonds is 9. The molecule has 1 aromatic carbocycles. The van der Waals surface area contributed by atoms with E-state index in [0.29, 0.717) is 25.3 Å². The highest BCUT2D eigenvalue weighted by Crippen LogP contribution is 2.59. The highest BCUT2D eigenvalue weighted by atomic mass is 19.1. The number of hydrogen-bond acceptors (Lipinski definition) is 3. The summed E-state index contributed by atoms with van der Waals surface area (Å²) in [5.74, 6) is 0.801. The molecule has 2 aliphatic carbocycles. The van der Waals surface area contributed by atoms with Crippen LogP contribution in [0, 0.1) is 34.8 Å². The zero-order valence-electron chi connectivity index (χ0n) is 29.1. The number of carbonyl (C=O) groups excluding carboxylic acids is 3. The average Bonchev–Trinajstić information content (AvgIpc) is 2.88. The van der Waals surface area contributed by atoms with Crippen LogP contribution in [0.25, 0.3) is 0 Å². The lowest BCUT2D eigenvalue weighted by Crippen LogP contribution is -2.42. The second-order valence-electron chi connectivity index (χ2n) is 13.4. The van der Waals surface area contributed by atoms with E-state index in [2.05, 4.69) is 32.7 Å². The average molecular weight is 621 g/mol. The standard InChI is InChI=1S/C12H15F2NO.C11H20.C6H9NO.C5H10O.C3H8/c1-9(2)3-4-15(8-16)12-6-10(13)5-11(14)7-12;1-2-3-5-10-8-11(9-10)6-4-7-11;1-5-3-2-4-6(8)7-5;1-4(2)5(3)6;1-3-2/h5-9H,3-4H2,1-2H3;10H,2-9H2,1H3;1-4H2,(H,7,8);4H,1-3H3;3H2,1-2H3. The molecule has 1 aromatic rings. The van der Waals surface area contributed by atoms with Crippen molar-refractivity contribution >= 4 is 23.8 Å². The molecule has 2 saturated carbocycles. The maximum atomic E-state index is 12.9. The first-order chi connectivity index (χ1) is 20.7. The number of halogens is 2. The van der Waals surface area contributed by atoms with Crippen molar-refractivity contribution in [3.8, 4) is 0 Å². The lowest BCUT2D eigenvalue weighted by Gasteiger charge is -2.54. The fraction of sp³-hybridized carbons (Fsp3) is 0.703. The van der Waals surface area contributed by atoms with Crippen LogP contribution < -0.4 is 10.2 Å². The van der Waals surface area contributed by atoms with Crippen molar-refractivity contribution in [2.24, 2.45) is 23.2 Å². The summed E-state index contributed by atoms with van der Waals surface area (Å²) in [6.07, 6.45) is 17.4. The van der Waals surface area contributed by atoms with Gasteiger partial charge in [0, 0.05) is 36.3 Å². The summed E-state index contributed by atoms with van der Waals surface area (Å²) >= 11 is 0. The van der Waals surface area contributed by atoms with Crippen LogP contribution in [-0.4, -0.2) is 24.6 Å². The third-order valence-corrected chi connectivity index (χ3v) is 8.09. The zero-order valence-corrected chi connectivity index (χ0v) is 29.1. The first-order valence-electron chi connectivity index (χ1n) is 16.9. The minimum absolute atomic E-state index is 0.112. The predicted octanol–water partition coefficient (Wildman–Crippen LogP) is 10.2. The van der Waals surface area contributed by atoms with Crippen molar-refractivity contribution in [2.75, 3.05) is 11.4 Å². The zero-order chi connectivity index (χ0) is 33.7. The molecule has 44 heavy (non-hydrogen) atoms. The molecule has 0 atom stereocenters. The van der Waals surface area contributed by atoms with Crippen molar-refractivity contribution in [1.82, 2.24) is 5.32 Å². The van der Waals surface area contributed by atoms with E-state index >= 15 is 0 Å². The van der Waals surface area contributed by atoms with Gasteiger partial charge < -0.3 is 10.2 Å². The van der Waals surface area contributed by atoms with Crippen molar-refractivity contribution in [1.29, 1.82) is 0 Å². The summed E-state index contributed by atoms with van der Waals surface area (Å²) in [7, 11) is 0. The van der Waals surface area contributed by atoms with E-state index in [0.717, 1.165) is 54.5 Å². The van der Waals surface area contributed by atoms with Crippen LogP contribution >= 0.6 is 0 Å². The van der Waals surface area contributed by atoms with E-state index in [1.54, 1.807) is 32.6 Å². The summed E-state index contributed by atoms with van der Waals surface area (Å²) < 4.78 is 25.9. The number of nitrogens with zero attached hydrogens (tertiary/aromatic N) is 1. The molecule has 1 spiro atoms. The molecule has 0 bridgehead atoms. The molecular formula is C37H62F2N2O3. The van der Waals surface area contributed by atoms with Gasteiger partial charge in [0.1, 0.15) is 17.4 Å². The molecule has 252 valence electrons. The van der Waals surface area contributed by atoms with E-state index in [-0.39, 0.29) is 23.3 Å². The largest absolute Gasteiger partial charge is 0.330 e. The SMILES string of the molecule is C=C1CCCC(=O)N1.CC(=O)C(C)C.CC(C)CCN(C=O)c1cc(F)cc(F)c1.CCC.CCCCC1CC2(CCC2)C1. The van der Waals surface area contributed by atoms with Gasteiger partial charge in [-0.1, -0.05) is 87.1 Å². The molecule has 1 N–H and O–H groups in total. The lowest BCUT2D eigenvalue weighted by atomic mass is 9.51. The van der Waals surface area contributed by atoms with Crippen molar-refractivity contribution < 1.29 is 23.2 Å². The number of allylic oxidation sites excluding steroid dienone is 1. The summed E-state index contributed by atoms with van der Waals surface area (Å²) in [5, 5.41) is 2.65. The number of anilines is 1. The molecular weight excluding hydrogens is 558 g/mol. The van der Waals surface area contributed by atoms with Gasteiger partial charge in [-0.2, -0.15) is 0 Å². The summed E-state index contributed by atoms with van der Waals surface area (Å²) in [6, 6.07) is 3.09. The van der Waals surface area contributed by atoms with Crippen LogP contribution in [0.4, 0.5) is 14.5 Å². The fourth-order valence-electron chi connectivity index (χ4n) is 5.08. The van der Waals surface area contributed by atoms with Gasteiger partial charge in [-0.05, 0) is 81.3 Å². The monoisotopic (exact) mass is 620 g/mol. The molecule has 1 heterocycles. The van der Waals surface area contributed by atoms with Crippen molar-refractivity contribution in [2.45, 2.75) is 139 Å². The molecule has 0 radical (unpaired) electrons. The molecule has 3 fully saturated rings. The normalized spacial score (nSPS) is 16.3. The van der Waals surface area contributed by atoms with E-state index in [1.807, 2.05) is 27.7 Å². The van der Waals surface area contributed by atoms with Crippen LogP contribution in [0.3, 0.4) is 0 Å². The van der Waals surface area contributed by atoms with Gasteiger partial charge in [-0.15, -0.1) is 0 Å². The highest BCUT2D eigenvalue weighted by Gasteiger charge is 2.47. The van der Waals surface area contributed by atoms with Gasteiger partial charge in [0.25, 0.3) is 0 Å². The quantitative estimate of drug-likeness (QED) is 0.279. The number of benzene rings is 1. The number of hydrogen-bond donors (Lipinski definition) is 1. The molecule has 7 heteroatoms. The van der Waals surface area contributed by atoms with E-state index in [4.69, 9.17) is 0 Å². The number of piperidine rings is 1. The van der Waals surface area contributed by atoms with Gasteiger partial charge in [0.2, 0.25) is 12.3 Å². The number of nitrogens with one attached hydrogen (secondary N) is 1. The third kappa shape index (κ3) is 18.3. The molecule has 4 rings (SSSR count). The number of carbonyl (C=O) groups is 3. The molecule has 1 aliphatic heterocycles. The first-order valence-corrected chi connectivity index (χ1v) is 16.9. The van der Waals surface area contributed by atoms with Crippen LogP contribution in [0.1, 0.15) is 139 Å². The van der Waals surface area contributed by atoms with Gasteiger partial charge in [0.05, 0.1) is 0 Å². The second-order valence-corrected chi connectivity index (χ2v) is 13.4. The van der Waals surface area contributed by atoms with Crippen molar-refractivity contribution in [3.63, 3.8) is 0 Å². The Bertz CT molecular complexity index is 947. The van der Waals surface area contributed by atoms with Crippen LogP contribution in [0.2, 0.25) is 0 Å². The number of amides is 2. The minimum Gasteiger partial charge on any atom is -0.330 e. The second kappa shape index (κ2) is 22.9. The van der Waals surface area contributed by atoms with Gasteiger partial charge in [-0.3, -0.25) is 14.4 Å². The van der Waals surface area contributed by atoms with Gasteiger partial charge in [-0.25, -0.2) is 8.78 Å². The molecule has 0 aromatic heterocycles. The first kappa shape index (κ1) is 41.4. The molecule has 1 saturated heterocycles. The predicted molar refractivity (Wildman–Crippen MR) is 180 cm³/mol. The van der Waals surface area contributed by atoms with Crippen LogP contribution in [0.15, 0.2) is 30.5 Å². The Morgan fingerprint density at radius 2 is 1.59 bits per heavy atom. The number of ketones is 1. The Balaban J connectivity index is 0.000000575. The van der Waals surface area contributed by atoms with E-state index in [9.17, 15) is 23.2 Å². The Hall–Kier alpha value is -2.57. The topological polar surface area (TPSA) is 66.5 Å². The summed E-state index contributed by atoms with van der Waals surface area (Å²) in [5.41, 5.74) is 2.03. The van der Waals surface area contributed by atoms with Crippen LogP contribution in [-0.2, 0) is 14.4 Å². The number of Topliss-reactive ketones (excluding diaryl/α,β-unsaturated/α-hetero) is 1. The molecule has 0 unspecified atom stereocenters. The van der Waals surface area contributed by atoms with E-state index < -0.39 is 11.6 Å². The smallest absolute Gasteiger partial charge is 0.224 e. The Morgan fingerprint density at radius 3 is 1.93 bits per heavy atom. The maximum Gasteiger partial charge on any atom is 0.224 e. The van der Waals surface area contributed by atoms with Gasteiger partial charge >= 0.3 is 0 Å². The van der Waals surface area contributed by atoms with Crippen LogP contribution in [0.5, 0.6) is 0 Å². The molecule has 5 nitrogen and oxygen atoms in total. The Labute approximate surface area is 267 Å². The molecule has 3 aliphatic rings. The summed E-state index contributed by atoms with van der Waals surface area (Å²) in [6.45, 7) is 20.1. The maximum absolute atomic E-state index is 12.9. The Morgan fingerprint density at radius 1 is 1.05 bits per heavy atom. The third-order valence-electron chi connectivity index (χ3n) is 8.09. The highest BCUT2D eigenvalue weighted by molar-refractivity contribution is 5.78. The lowest BCUT2D eigenvalue weighted by molar-refractivity contribution is -0.121. The van der Waals surface area contributed by atoms with E-state index in [1.165, 1.54) is 37.0 Å². The number of unbranched alkanes of at least 4 members (excludes halogenated alkanes) is 1. The van der Waals surface area contributed by atoms with Crippen molar-refractivity contribution in [3.05, 3.63) is 42.1 Å². The molecule has 2 amide bonds. The Kier molecular flexibility index (Phi) is 21.5. The minimum atomic E-state index is -0.675. The van der Waals surface area contributed by atoms with Gasteiger partial charge in [0.15, 0.2) is 0 Å². The fourth-order valence-corrected chi connectivity index (χ4v) is 5.08. The summed E-state index contributed by atoms with van der Waals surface area (Å²) in [4.78, 5) is 32.8.